The van der Waals surface area contributed by atoms with Gasteiger partial charge in [-0.1, -0.05) is 23.2 Å². The normalized spacial score (nSPS) is 20.1. The third-order valence-corrected chi connectivity index (χ3v) is 7.25. The average Bonchev–Trinajstić information content (AvgIpc) is 3.57. The van der Waals surface area contributed by atoms with Gasteiger partial charge in [0.25, 0.3) is 5.91 Å². The summed E-state index contributed by atoms with van der Waals surface area (Å²) in [4.78, 5) is 14.6. The Kier molecular flexibility index (Phi) is 7.43. The van der Waals surface area contributed by atoms with Gasteiger partial charge in [0.15, 0.2) is 0 Å². The van der Waals surface area contributed by atoms with Crippen LogP contribution in [-0.4, -0.2) is 44.7 Å². The van der Waals surface area contributed by atoms with Gasteiger partial charge in [0.1, 0.15) is 17.7 Å². The molecule has 1 aliphatic carbocycles. The molecule has 4 rings (SSSR count). The number of benzene rings is 2. The second-order valence-corrected chi connectivity index (χ2v) is 11.7. The molecule has 1 N–H and O–H groups in total. The molecule has 34 heavy (non-hydrogen) atoms. The first-order chi connectivity index (χ1) is 16.0. The molecule has 1 saturated heterocycles. The van der Waals surface area contributed by atoms with Crippen molar-refractivity contribution >= 4 is 39.1 Å². The number of halogens is 3. The number of hydrogen-bond acceptors (Lipinski definition) is 5. The molecule has 1 heterocycles. The molecule has 184 valence electrons. The van der Waals surface area contributed by atoms with Gasteiger partial charge in [0, 0.05) is 28.7 Å². The van der Waals surface area contributed by atoms with Crippen molar-refractivity contribution in [1.29, 1.82) is 0 Å². The zero-order chi connectivity index (χ0) is 24.6. The minimum atomic E-state index is -3.80. The summed E-state index contributed by atoms with van der Waals surface area (Å²) in [5.74, 6) is -1.20. The molecule has 10 heteroatoms. The maximum atomic E-state index is 14.8. The van der Waals surface area contributed by atoms with Crippen LogP contribution < -0.4 is 9.46 Å². The van der Waals surface area contributed by atoms with Gasteiger partial charge >= 0.3 is 0 Å². The molecule has 6 nitrogen and oxygen atoms in total. The minimum absolute atomic E-state index is 0.0734. The summed E-state index contributed by atoms with van der Waals surface area (Å²) in [6, 6.07) is 8.23. The Labute approximate surface area is 209 Å². The molecule has 2 atom stereocenters. The van der Waals surface area contributed by atoms with E-state index in [-0.39, 0.29) is 23.6 Å². The molecule has 0 radical (unpaired) electrons. The highest BCUT2D eigenvalue weighted by atomic mass is 35.5. The fraction of sp³-hybridized carbons (Fsp3) is 0.458. The zero-order valence-electron chi connectivity index (χ0n) is 19.0. The van der Waals surface area contributed by atoms with Crippen molar-refractivity contribution < 1.29 is 22.3 Å². The summed E-state index contributed by atoms with van der Waals surface area (Å²) in [5.41, 5.74) is 1.47. The Hall–Kier alpha value is -1.87. The van der Waals surface area contributed by atoms with Gasteiger partial charge in [-0.2, -0.15) is 0 Å². The molecule has 2 aromatic carbocycles. The lowest BCUT2D eigenvalue weighted by molar-refractivity contribution is 0.0650. The maximum Gasteiger partial charge on any atom is 0.267 e. The van der Waals surface area contributed by atoms with Gasteiger partial charge in [-0.25, -0.2) is 17.5 Å². The van der Waals surface area contributed by atoms with E-state index in [1.54, 1.807) is 6.07 Å². The van der Waals surface area contributed by atoms with Gasteiger partial charge in [-0.3, -0.25) is 9.69 Å². The molecule has 1 unspecified atom stereocenters. The van der Waals surface area contributed by atoms with Crippen molar-refractivity contribution in [2.24, 2.45) is 0 Å². The second kappa shape index (κ2) is 10.0. The van der Waals surface area contributed by atoms with E-state index in [1.807, 2.05) is 16.9 Å². The van der Waals surface area contributed by atoms with Gasteiger partial charge in [0.2, 0.25) is 10.0 Å². The molecular weight excluding hydrogens is 502 g/mol. The number of sulfonamides is 1. The number of nitrogens with one attached hydrogen (secondary N) is 1. The first-order valence-electron chi connectivity index (χ1n) is 11.2. The number of piperidine rings is 1. The van der Waals surface area contributed by atoms with Crippen molar-refractivity contribution in [3.63, 3.8) is 0 Å². The number of carbonyl (C=O) groups excluding carboxylic acids is 1. The van der Waals surface area contributed by atoms with Crippen LogP contribution in [0.3, 0.4) is 0 Å². The second-order valence-electron chi connectivity index (χ2n) is 9.10. The molecule has 2 fully saturated rings. The van der Waals surface area contributed by atoms with E-state index in [2.05, 4.69) is 11.8 Å². The van der Waals surface area contributed by atoms with E-state index in [4.69, 9.17) is 27.9 Å². The van der Waals surface area contributed by atoms with E-state index in [1.165, 1.54) is 12.1 Å². The van der Waals surface area contributed by atoms with E-state index in [9.17, 15) is 17.6 Å². The SMILES string of the molecule is C[C@H](c1cc(Cl)cc(Cl)c1)N1CCCC(Oc2cc(F)c(C(=O)NS(C)(=O)=O)cc2C2CC2)C1. The molecule has 0 aromatic heterocycles. The first kappa shape index (κ1) is 25.2. The van der Waals surface area contributed by atoms with Crippen LogP contribution in [0.5, 0.6) is 5.75 Å². The van der Waals surface area contributed by atoms with Crippen molar-refractivity contribution in [3.05, 3.63) is 62.9 Å². The Balaban J connectivity index is 1.52. The van der Waals surface area contributed by atoms with Crippen molar-refractivity contribution in [1.82, 2.24) is 9.62 Å². The summed E-state index contributed by atoms with van der Waals surface area (Å²) in [6.45, 7) is 3.63. The van der Waals surface area contributed by atoms with Gasteiger partial charge in [-0.15, -0.1) is 0 Å². The Morgan fingerprint density at radius 1 is 1.15 bits per heavy atom. The minimum Gasteiger partial charge on any atom is -0.489 e. The lowest BCUT2D eigenvalue weighted by atomic mass is 10.0. The van der Waals surface area contributed by atoms with Crippen LogP contribution in [0.1, 0.15) is 66.1 Å². The van der Waals surface area contributed by atoms with Crippen LogP contribution >= 0.6 is 23.2 Å². The molecule has 2 aromatic rings. The van der Waals surface area contributed by atoms with Crippen LogP contribution in [0.15, 0.2) is 30.3 Å². The van der Waals surface area contributed by atoms with Crippen LogP contribution in [0, 0.1) is 5.82 Å². The zero-order valence-corrected chi connectivity index (χ0v) is 21.3. The van der Waals surface area contributed by atoms with Crippen LogP contribution in [0.2, 0.25) is 10.0 Å². The molecule has 2 aliphatic rings. The number of ether oxygens (including phenoxy) is 1. The number of amides is 1. The molecular formula is C24H27Cl2FN2O4S. The van der Waals surface area contributed by atoms with Crippen LogP contribution in [0.25, 0.3) is 0 Å². The smallest absolute Gasteiger partial charge is 0.267 e. The highest BCUT2D eigenvalue weighted by Gasteiger charge is 2.32. The summed E-state index contributed by atoms with van der Waals surface area (Å²) in [6.07, 6.45) is 4.27. The summed E-state index contributed by atoms with van der Waals surface area (Å²) < 4.78 is 45.8. The molecule has 0 bridgehead atoms. The fourth-order valence-corrected chi connectivity index (χ4v) is 5.40. The topological polar surface area (TPSA) is 75.7 Å². The third kappa shape index (κ3) is 6.22. The Morgan fingerprint density at radius 2 is 1.82 bits per heavy atom. The van der Waals surface area contributed by atoms with E-state index >= 15 is 0 Å². The van der Waals surface area contributed by atoms with Crippen molar-refractivity contribution in [3.8, 4) is 5.75 Å². The molecule has 1 amide bonds. The molecule has 0 spiro atoms. The number of nitrogens with zero attached hydrogens (tertiary/aromatic N) is 1. The highest BCUT2D eigenvalue weighted by Crippen LogP contribution is 2.45. The lowest BCUT2D eigenvalue weighted by Gasteiger charge is -2.37. The van der Waals surface area contributed by atoms with Crippen LogP contribution in [0.4, 0.5) is 4.39 Å². The monoisotopic (exact) mass is 528 g/mol. The summed E-state index contributed by atoms with van der Waals surface area (Å²) in [7, 11) is -3.80. The standard InChI is InChI=1S/C24H27Cl2FN2O4S/c1-14(16-8-17(25)10-18(26)9-16)29-7-3-4-19(13-29)33-23-12-22(27)21(11-20(23)15-5-6-15)24(30)28-34(2,31)32/h8-12,14-15,19H,3-7,13H2,1-2H3,(H,28,30)/t14-,19?/m1/s1. The van der Waals surface area contributed by atoms with Gasteiger partial charge in [0.05, 0.1) is 11.8 Å². The summed E-state index contributed by atoms with van der Waals surface area (Å²) >= 11 is 12.4. The van der Waals surface area contributed by atoms with Crippen molar-refractivity contribution in [2.75, 3.05) is 19.3 Å². The fourth-order valence-electron chi connectivity index (χ4n) is 4.41. The maximum absolute atomic E-state index is 14.8. The number of carbonyl (C=O) groups is 1. The number of hydrogen-bond donors (Lipinski definition) is 1. The molecule has 1 aliphatic heterocycles. The average molecular weight is 529 g/mol. The predicted molar refractivity (Wildman–Crippen MR) is 131 cm³/mol. The van der Waals surface area contributed by atoms with E-state index < -0.39 is 21.7 Å². The van der Waals surface area contributed by atoms with Crippen molar-refractivity contribution in [2.45, 2.75) is 50.7 Å². The van der Waals surface area contributed by atoms with Gasteiger partial charge in [-0.05, 0) is 80.5 Å². The van der Waals surface area contributed by atoms with Gasteiger partial charge < -0.3 is 4.74 Å². The van der Waals surface area contributed by atoms with E-state index in [0.717, 1.165) is 49.6 Å². The summed E-state index contributed by atoms with van der Waals surface area (Å²) in [5, 5.41) is 1.17. The highest BCUT2D eigenvalue weighted by molar-refractivity contribution is 7.89. The molecule has 1 saturated carbocycles. The van der Waals surface area contributed by atoms with E-state index in [0.29, 0.717) is 22.3 Å². The Bertz CT molecular complexity index is 1180. The Morgan fingerprint density at radius 3 is 2.44 bits per heavy atom. The lowest BCUT2D eigenvalue weighted by Crippen LogP contribution is -2.42. The largest absolute Gasteiger partial charge is 0.489 e. The number of likely N-dealkylation sites (tertiary alicyclic amines) is 1. The number of rotatable bonds is 7. The quantitative estimate of drug-likeness (QED) is 0.527. The first-order valence-corrected chi connectivity index (χ1v) is 13.9. The third-order valence-electron chi connectivity index (χ3n) is 6.26. The predicted octanol–water partition coefficient (Wildman–Crippen LogP) is 5.30. The van der Waals surface area contributed by atoms with Crippen LogP contribution in [-0.2, 0) is 10.0 Å².